The van der Waals surface area contributed by atoms with Gasteiger partial charge in [-0.25, -0.2) is 4.98 Å². The molecule has 4 rings (SSSR count). The first-order chi connectivity index (χ1) is 14.9. The number of aryl methyl sites for hydroxylation is 2. The van der Waals surface area contributed by atoms with Gasteiger partial charge in [-0.3, -0.25) is 10.1 Å². The van der Waals surface area contributed by atoms with Gasteiger partial charge in [-0.2, -0.15) is 0 Å². The highest BCUT2D eigenvalue weighted by Crippen LogP contribution is 2.33. The van der Waals surface area contributed by atoms with E-state index in [1.807, 2.05) is 25.1 Å². The number of ether oxygens (including phenoxy) is 2. The van der Waals surface area contributed by atoms with Gasteiger partial charge in [-0.1, -0.05) is 23.8 Å². The molecule has 4 aromatic rings. The van der Waals surface area contributed by atoms with Crippen LogP contribution < -0.4 is 9.47 Å². The van der Waals surface area contributed by atoms with E-state index in [1.165, 1.54) is 23.3 Å². The monoisotopic (exact) mass is 417 g/mol. The number of imidazole rings is 1. The molecule has 0 bridgehead atoms. The van der Waals surface area contributed by atoms with Crippen LogP contribution >= 0.6 is 0 Å². The van der Waals surface area contributed by atoms with Crippen LogP contribution in [0.15, 0.2) is 54.6 Å². The van der Waals surface area contributed by atoms with Gasteiger partial charge in [0.25, 0.3) is 5.69 Å². The minimum Gasteiger partial charge on any atom is -0.490 e. The molecule has 3 aromatic carbocycles. The Kier molecular flexibility index (Phi) is 5.58. The minimum atomic E-state index is -0.421. The average molecular weight is 417 g/mol. The van der Waals surface area contributed by atoms with Crippen molar-refractivity contribution in [1.29, 1.82) is 0 Å². The fraction of sp³-hybridized carbons (Fsp3) is 0.208. The van der Waals surface area contributed by atoms with Crippen molar-refractivity contribution in [1.82, 2.24) is 9.97 Å². The van der Waals surface area contributed by atoms with Crippen LogP contribution in [0.5, 0.6) is 11.5 Å². The summed E-state index contributed by atoms with van der Waals surface area (Å²) in [4.78, 5) is 18.3. The quantitative estimate of drug-likeness (QED) is 0.306. The lowest BCUT2D eigenvalue weighted by molar-refractivity contribution is -0.384. The summed E-state index contributed by atoms with van der Waals surface area (Å²) < 4.78 is 11.9. The maximum atomic E-state index is 11.0. The standard InChI is InChI=1S/C24H23N3O4/c1-4-30-23-12-17(24-25-20-9-8-19(27(28)29)13-21(20)26-24)7-10-22(23)31-14-18-11-15(2)5-6-16(18)3/h5-13H,4,14H2,1-3H3,(H,25,26). The summed E-state index contributed by atoms with van der Waals surface area (Å²) in [6.45, 7) is 6.99. The number of H-pyrrole nitrogens is 1. The molecule has 0 radical (unpaired) electrons. The number of nitrogens with zero attached hydrogens (tertiary/aromatic N) is 2. The Morgan fingerprint density at radius 2 is 1.84 bits per heavy atom. The first kappa shape index (κ1) is 20.4. The lowest BCUT2D eigenvalue weighted by Gasteiger charge is -2.14. The zero-order valence-corrected chi connectivity index (χ0v) is 17.6. The molecule has 158 valence electrons. The molecule has 0 saturated heterocycles. The largest absolute Gasteiger partial charge is 0.490 e. The smallest absolute Gasteiger partial charge is 0.271 e. The average Bonchev–Trinajstić information content (AvgIpc) is 3.18. The van der Waals surface area contributed by atoms with Gasteiger partial charge in [0.15, 0.2) is 11.5 Å². The van der Waals surface area contributed by atoms with Gasteiger partial charge >= 0.3 is 0 Å². The molecule has 0 atom stereocenters. The van der Waals surface area contributed by atoms with Crippen LogP contribution in [-0.2, 0) is 6.61 Å². The number of aromatic nitrogens is 2. The number of nitro benzene ring substituents is 1. The Hall–Kier alpha value is -3.87. The van der Waals surface area contributed by atoms with Crippen molar-refractivity contribution in [2.45, 2.75) is 27.4 Å². The predicted molar refractivity (Wildman–Crippen MR) is 120 cm³/mol. The van der Waals surface area contributed by atoms with E-state index in [9.17, 15) is 10.1 Å². The number of nitrogens with one attached hydrogen (secondary N) is 1. The Morgan fingerprint density at radius 3 is 2.61 bits per heavy atom. The summed E-state index contributed by atoms with van der Waals surface area (Å²) in [5, 5.41) is 11.0. The molecule has 0 amide bonds. The summed E-state index contributed by atoms with van der Waals surface area (Å²) in [7, 11) is 0. The van der Waals surface area contributed by atoms with Gasteiger partial charge in [0, 0.05) is 17.7 Å². The van der Waals surface area contributed by atoms with Crippen molar-refractivity contribution in [3.05, 3.63) is 81.4 Å². The van der Waals surface area contributed by atoms with Crippen LogP contribution in [-0.4, -0.2) is 21.5 Å². The van der Waals surface area contributed by atoms with E-state index in [4.69, 9.17) is 9.47 Å². The number of fused-ring (bicyclic) bond motifs is 1. The Labute approximate surface area is 179 Å². The molecule has 31 heavy (non-hydrogen) atoms. The number of nitro groups is 1. The summed E-state index contributed by atoms with van der Waals surface area (Å²) in [5.41, 5.74) is 5.59. The maximum absolute atomic E-state index is 11.0. The number of aromatic amines is 1. The van der Waals surface area contributed by atoms with Crippen LogP contribution in [0.1, 0.15) is 23.6 Å². The van der Waals surface area contributed by atoms with Crippen LogP contribution in [0.3, 0.4) is 0 Å². The highest BCUT2D eigenvalue weighted by Gasteiger charge is 2.14. The van der Waals surface area contributed by atoms with Crippen molar-refractivity contribution in [2.75, 3.05) is 6.61 Å². The SMILES string of the molecule is CCOc1cc(-c2nc3ccc([N+](=O)[O-])cc3[nH]2)ccc1OCc1cc(C)ccc1C. The lowest BCUT2D eigenvalue weighted by Crippen LogP contribution is -2.01. The van der Waals surface area contributed by atoms with Crippen LogP contribution in [0.4, 0.5) is 5.69 Å². The van der Waals surface area contributed by atoms with E-state index in [-0.39, 0.29) is 5.69 Å². The Bertz CT molecular complexity index is 1260. The van der Waals surface area contributed by atoms with E-state index in [2.05, 4.69) is 42.0 Å². The van der Waals surface area contributed by atoms with E-state index < -0.39 is 4.92 Å². The van der Waals surface area contributed by atoms with E-state index in [0.29, 0.717) is 41.6 Å². The first-order valence-electron chi connectivity index (χ1n) is 10.0. The predicted octanol–water partition coefficient (Wildman–Crippen LogP) is 5.73. The number of benzene rings is 3. The topological polar surface area (TPSA) is 90.3 Å². The van der Waals surface area contributed by atoms with Gasteiger partial charge < -0.3 is 14.5 Å². The molecule has 0 aliphatic carbocycles. The van der Waals surface area contributed by atoms with E-state index >= 15 is 0 Å². The highest BCUT2D eigenvalue weighted by atomic mass is 16.6. The molecule has 0 saturated carbocycles. The third kappa shape index (κ3) is 4.35. The molecule has 1 aromatic heterocycles. The zero-order chi connectivity index (χ0) is 22.0. The maximum Gasteiger partial charge on any atom is 0.271 e. The molecular weight excluding hydrogens is 394 g/mol. The van der Waals surface area contributed by atoms with Crippen LogP contribution in [0.25, 0.3) is 22.4 Å². The van der Waals surface area contributed by atoms with Gasteiger partial charge in [-0.15, -0.1) is 0 Å². The molecule has 1 N–H and O–H groups in total. The molecular formula is C24H23N3O4. The van der Waals surface area contributed by atoms with Gasteiger partial charge in [0.1, 0.15) is 12.4 Å². The summed E-state index contributed by atoms with van der Waals surface area (Å²) >= 11 is 0. The van der Waals surface area contributed by atoms with Gasteiger partial charge in [0.05, 0.1) is 22.6 Å². The van der Waals surface area contributed by atoms with Gasteiger partial charge in [0.2, 0.25) is 0 Å². The first-order valence-corrected chi connectivity index (χ1v) is 10.0. The zero-order valence-electron chi connectivity index (χ0n) is 17.6. The fourth-order valence-electron chi connectivity index (χ4n) is 3.40. The third-order valence-corrected chi connectivity index (χ3v) is 5.08. The summed E-state index contributed by atoms with van der Waals surface area (Å²) in [6.07, 6.45) is 0. The molecule has 0 spiro atoms. The van der Waals surface area contributed by atoms with Crippen molar-refractivity contribution >= 4 is 16.7 Å². The van der Waals surface area contributed by atoms with E-state index in [1.54, 1.807) is 6.07 Å². The van der Waals surface area contributed by atoms with Crippen molar-refractivity contribution < 1.29 is 14.4 Å². The third-order valence-electron chi connectivity index (χ3n) is 5.08. The fourth-order valence-corrected chi connectivity index (χ4v) is 3.40. The second-order valence-electron chi connectivity index (χ2n) is 7.36. The van der Waals surface area contributed by atoms with E-state index in [0.717, 1.165) is 11.1 Å². The summed E-state index contributed by atoms with van der Waals surface area (Å²) in [5.74, 6) is 1.88. The number of non-ortho nitro benzene ring substituents is 1. The van der Waals surface area contributed by atoms with Crippen LogP contribution in [0, 0.1) is 24.0 Å². The second kappa shape index (κ2) is 8.47. The highest BCUT2D eigenvalue weighted by molar-refractivity contribution is 5.81. The van der Waals surface area contributed by atoms with Gasteiger partial charge in [-0.05, 0) is 56.2 Å². The van der Waals surface area contributed by atoms with Crippen LogP contribution in [0.2, 0.25) is 0 Å². The second-order valence-corrected chi connectivity index (χ2v) is 7.36. The molecule has 0 unspecified atom stereocenters. The normalized spacial score (nSPS) is 10.9. The summed E-state index contributed by atoms with van der Waals surface area (Å²) in [6, 6.07) is 16.5. The molecule has 0 aliphatic heterocycles. The number of hydrogen-bond acceptors (Lipinski definition) is 5. The Morgan fingerprint density at radius 1 is 1.00 bits per heavy atom. The molecule has 7 nitrogen and oxygen atoms in total. The van der Waals surface area contributed by atoms with Crippen molar-refractivity contribution in [3.8, 4) is 22.9 Å². The number of rotatable bonds is 7. The minimum absolute atomic E-state index is 0.0212. The molecule has 7 heteroatoms. The van der Waals surface area contributed by atoms with Crippen molar-refractivity contribution in [3.63, 3.8) is 0 Å². The lowest BCUT2D eigenvalue weighted by atomic mass is 10.1. The molecule has 0 aliphatic rings. The number of hydrogen-bond donors (Lipinski definition) is 1. The van der Waals surface area contributed by atoms with Crippen molar-refractivity contribution in [2.24, 2.45) is 0 Å². The molecule has 1 heterocycles. The Balaban J connectivity index is 1.63. The molecule has 0 fully saturated rings.